The molecule has 2 fully saturated rings. The van der Waals surface area contributed by atoms with Crippen LogP contribution in [0.2, 0.25) is 0 Å². The van der Waals surface area contributed by atoms with E-state index >= 15 is 0 Å². The number of aliphatic hydroxyl groups excluding tert-OH is 1. The Morgan fingerprint density at radius 1 is 1.12 bits per heavy atom. The minimum Gasteiger partial charge on any atom is -0.406 e. The molecular weight excluding hydrogens is 469 g/mol. The Balaban J connectivity index is 1.44. The van der Waals surface area contributed by atoms with Crippen LogP contribution in [0.4, 0.5) is 13.2 Å². The largest absolute Gasteiger partial charge is 0.573 e. The maximum absolute atomic E-state index is 12.9. The van der Waals surface area contributed by atoms with Gasteiger partial charge < -0.3 is 9.84 Å². The maximum Gasteiger partial charge on any atom is 0.573 e. The summed E-state index contributed by atoms with van der Waals surface area (Å²) in [4.78, 5) is 2.19. The molecule has 2 aromatic rings. The number of ether oxygens (including phenoxy) is 1. The van der Waals surface area contributed by atoms with Crippen molar-refractivity contribution in [2.45, 2.75) is 62.7 Å². The van der Waals surface area contributed by atoms with Crippen LogP contribution in [0.25, 0.3) is 0 Å². The normalized spacial score (nSPS) is 27.8. The van der Waals surface area contributed by atoms with Gasteiger partial charge in [0.15, 0.2) is 0 Å². The molecule has 2 aliphatic rings. The lowest BCUT2D eigenvalue weighted by molar-refractivity contribution is -0.274. The average molecular weight is 499 g/mol. The highest BCUT2D eigenvalue weighted by Crippen LogP contribution is 2.53. The van der Waals surface area contributed by atoms with Crippen molar-refractivity contribution < 1.29 is 31.4 Å². The molecule has 2 N–H and O–H groups in total. The third-order valence-electron chi connectivity index (χ3n) is 6.78. The molecule has 2 unspecified atom stereocenters. The van der Waals surface area contributed by atoms with Crippen molar-refractivity contribution in [2.75, 3.05) is 6.54 Å². The maximum atomic E-state index is 12.9. The summed E-state index contributed by atoms with van der Waals surface area (Å²) in [7, 11) is -4.03. The highest BCUT2D eigenvalue weighted by atomic mass is 32.2. The Labute approximate surface area is 197 Å². The Hall–Kier alpha value is -2.14. The number of benzene rings is 2. The minimum absolute atomic E-state index is 0.185. The first-order valence-electron chi connectivity index (χ1n) is 11.2. The van der Waals surface area contributed by atoms with Gasteiger partial charge in [0.2, 0.25) is 10.0 Å². The molecule has 1 saturated carbocycles. The summed E-state index contributed by atoms with van der Waals surface area (Å²) in [5.74, 6) is -0.180. The van der Waals surface area contributed by atoms with E-state index in [0.717, 1.165) is 37.4 Å². The predicted octanol–water partition coefficient (Wildman–Crippen LogP) is 3.91. The molecule has 2 aromatic carbocycles. The van der Waals surface area contributed by atoms with E-state index in [1.54, 1.807) is 0 Å². The van der Waals surface area contributed by atoms with Crippen molar-refractivity contribution in [3.8, 4) is 5.75 Å². The molecule has 0 aromatic heterocycles. The molecule has 1 spiro atoms. The van der Waals surface area contributed by atoms with Crippen LogP contribution in [0.5, 0.6) is 5.75 Å². The molecular formula is C24H29F3N2O4S. The molecule has 34 heavy (non-hydrogen) atoms. The van der Waals surface area contributed by atoms with Gasteiger partial charge in [-0.25, -0.2) is 13.1 Å². The molecule has 4 atom stereocenters. The van der Waals surface area contributed by atoms with Gasteiger partial charge in [-0.15, -0.1) is 13.2 Å². The fourth-order valence-corrected chi connectivity index (χ4v) is 7.04. The molecule has 1 heterocycles. The van der Waals surface area contributed by atoms with Crippen molar-refractivity contribution in [2.24, 2.45) is 11.3 Å². The molecule has 10 heteroatoms. The van der Waals surface area contributed by atoms with Gasteiger partial charge >= 0.3 is 6.36 Å². The molecule has 6 nitrogen and oxygen atoms in total. The molecule has 0 amide bonds. The second-order valence-electron chi connectivity index (χ2n) is 9.66. The van der Waals surface area contributed by atoms with Crippen LogP contribution >= 0.6 is 0 Å². The van der Waals surface area contributed by atoms with Crippen LogP contribution in [0, 0.1) is 11.3 Å². The molecule has 1 aliphatic heterocycles. The first kappa shape index (κ1) is 25.0. The van der Waals surface area contributed by atoms with Crippen LogP contribution in [-0.4, -0.2) is 49.5 Å². The van der Waals surface area contributed by atoms with Gasteiger partial charge in [-0.2, -0.15) is 0 Å². The van der Waals surface area contributed by atoms with E-state index in [-0.39, 0.29) is 16.4 Å². The molecule has 1 aliphatic carbocycles. The number of alkyl halides is 3. The Morgan fingerprint density at radius 2 is 1.76 bits per heavy atom. The van der Waals surface area contributed by atoms with E-state index in [1.165, 1.54) is 5.56 Å². The number of hydrogen-bond donors (Lipinski definition) is 2. The van der Waals surface area contributed by atoms with Gasteiger partial charge in [-0.3, -0.25) is 4.90 Å². The smallest absolute Gasteiger partial charge is 0.406 e. The summed E-state index contributed by atoms with van der Waals surface area (Å²) >= 11 is 0. The van der Waals surface area contributed by atoms with Crippen molar-refractivity contribution in [1.82, 2.24) is 9.62 Å². The zero-order valence-electron chi connectivity index (χ0n) is 19.0. The van der Waals surface area contributed by atoms with Crippen molar-refractivity contribution >= 4 is 10.0 Å². The highest BCUT2D eigenvalue weighted by molar-refractivity contribution is 7.89. The first-order valence-corrected chi connectivity index (χ1v) is 12.7. The monoisotopic (exact) mass is 498 g/mol. The summed E-state index contributed by atoms with van der Waals surface area (Å²) in [5, 5.41) is 10.8. The SMILES string of the molecule is CC(C)C1N(Cc2ccccc2)CC12C[C@@H](O)[C@@H](NS(=O)(=O)c1ccc(OC(F)(F)F)cc1)C2. The number of nitrogens with one attached hydrogen (secondary N) is 1. The third kappa shape index (κ3) is 5.25. The van der Waals surface area contributed by atoms with Gasteiger partial charge in [-0.1, -0.05) is 44.2 Å². The minimum atomic E-state index is -4.86. The number of halogens is 3. The summed E-state index contributed by atoms with van der Waals surface area (Å²) in [6, 6.07) is 13.7. The van der Waals surface area contributed by atoms with E-state index in [0.29, 0.717) is 18.8 Å². The van der Waals surface area contributed by atoms with Crippen LogP contribution in [0.15, 0.2) is 59.5 Å². The third-order valence-corrected chi connectivity index (χ3v) is 8.29. The summed E-state index contributed by atoms with van der Waals surface area (Å²) in [6.45, 7) is 5.84. The molecule has 1 saturated heterocycles. The van der Waals surface area contributed by atoms with Crippen molar-refractivity contribution in [1.29, 1.82) is 0 Å². The van der Waals surface area contributed by atoms with Gasteiger partial charge in [0, 0.05) is 30.6 Å². The standard InChI is InChI=1S/C24H29F3N2O4S/c1-16(2)22-23(15-29(22)14-17-6-4-3-5-7-17)12-20(21(30)13-23)28-34(31,32)19-10-8-18(9-11-19)33-24(25,26)27/h3-11,16,20-22,28,30H,12-15H2,1-2H3/t20-,21+,22?,23?/m0/s1. The number of aliphatic hydroxyl groups is 1. The van der Waals surface area contributed by atoms with E-state index < -0.39 is 34.3 Å². The van der Waals surface area contributed by atoms with E-state index in [9.17, 15) is 26.7 Å². The lowest BCUT2D eigenvalue weighted by Crippen LogP contribution is -2.65. The van der Waals surface area contributed by atoms with Crippen LogP contribution in [0.3, 0.4) is 0 Å². The second kappa shape index (κ2) is 9.14. The molecule has 186 valence electrons. The number of hydrogen-bond acceptors (Lipinski definition) is 5. The summed E-state index contributed by atoms with van der Waals surface area (Å²) in [6.07, 6.45) is -4.71. The zero-order chi connectivity index (χ0) is 24.7. The zero-order valence-corrected chi connectivity index (χ0v) is 19.8. The number of sulfonamides is 1. The van der Waals surface area contributed by atoms with Crippen molar-refractivity contribution in [3.63, 3.8) is 0 Å². The topological polar surface area (TPSA) is 78.9 Å². The lowest BCUT2D eigenvalue weighted by Gasteiger charge is -2.58. The van der Waals surface area contributed by atoms with Gasteiger partial charge in [-0.05, 0) is 48.6 Å². The second-order valence-corrected chi connectivity index (χ2v) is 11.4. The lowest BCUT2D eigenvalue weighted by atomic mass is 9.65. The Bertz CT molecular complexity index is 1090. The number of nitrogens with zero attached hydrogens (tertiary/aromatic N) is 1. The fraction of sp³-hybridized carbons (Fsp3) is 0.500. The van der Waals surface area contributed by atoms with Gasteiger partial charge in [0.05, 0.1) is 11.0 Å². The number of likely N-dealkylation sites (tertiary alicyclic amines) is 1. The van der Waals surface area contributed by atoms with Crippen LogP contribution in [0.1, 0.15) is 32.3 Å². The summed E-state index contributed by atoms with van der Waals surface area (Å²) < 4.78 is 69.2. The number of rotatable bonds is 7. The van der Waals surface area contributed by atoms with Gasteiger partial charge in [0.1, 0.15) is 5.75 Å². The van der Waals surface area contributed by atoms with Crippen LogP contribution < -0.4 is 9.46 Å². The first-order chi connectivity index (χ1) is 15.9. The Kier molecular flexibility index (Phi) is 6.71. The molecule has 0 radical (unpaired) electrons. The molecule has 0 bridgehead atoms. The Morgan fingerprint density at radius 3 is 2.35 bits per heavy atom. The van der Waals surface area contributed by atoms with Crippen molar-refractivity contribution in [3.05, 3.63) is 60.2 Å². The average Bonchev–Trinajstić information content (AvgIpc) is 3.03. The molecule has 4 rings (SSSR count). The quantitative estimate of drug-likeness (QED) is 0.605. The van der Waals surface area contributed by atoms with E-state index in [4.69, 9.17) is 0 Å². The summed E-state index contributed by atoms with van der Waals surface area (Å²) in [5.41, 5.74) is 1.01. The van der Waals surface area contributed by atoms with Crippen LogP contribution in [-0.2, 0) is 16.6 Å². The van der Waals surface area contributed by atoms with E-state index in [1.807, 2.05) is 18.2 Å². The predicted molar refractivity (Wildman–Crippen MR) is 120 cm³/mol. The fourth-order valence-electron chi connectivity index (χ4n) is 5.77. The van der Waals surface area contributed by atoms with E-state index in [2.05, 4.69) is 40.3 Å². The van der Waals surface area contributed by atoms with Gasteiger partial charge in [0.25, 0.3) is 0 Å². The highest BCUT2D eigenvalue weighted by Gasteiger charge is 2.59.